The average molecular weight is 345 g/mol. The van der Waals surface area contributed by atoms with E-state index >= 15 is 0 Å². The number of carbonyl (C=O) groups is 2. The predicted octanol–water partition coefficient (Wildman–Crippen LogP) is 3.52. The summed E-state index contributed by atoms with van der Waals surface area (Å²) in [6.45, 7) is -3.02. The Balaban J connectivity index is 1.80. The van der Waals surface area contributed by atoms with Crippen LogP contribution in [-0.4, -0.2) is 24.9 Å². The van der Waals surface area contributed by atoms with E-state index in [0.29, 0.717) is 22.6 Å². The molecule has 1 amide bonds. The molecule has 0 bridgehead atoms. The van der Waals surface area contributed by atoms with Gasteiger partial charge in [-0.1, -0.05) is 18.2 Å². The van der Waals surface area contributed by atoms with Gasteiger partial charge in [-0.3, -0.25) is 9.59 Å². The van der Waals surface area contributed by atoms with Gasteiger partial charge in [0.05, 0.1) is 5.69 Å². The van der Waals surface area contributed by atoms with Gasteiger partial charge in [-0.25, -0.2) is 0 Å². The zero-order valence-corrected chi connectivity index (χ0v) is 12.9. The number of allylic oxidation sites excluding steroid dienone is 1. The van der Waals surface area contributed by atoms with Gasteiger partial charge in [0, 0.05) is 11.1 Å². The van der Waals surface area contributed by atoms with E-state index in [1.807, 2.05) is 0 Å². The molecule has 0 saturated carbocycles. The number of carbonyl (C=O) groups excluding carboxylic acids is 2. The summed E-state index contributed by atoms with van der Waals surface area (Å²) in [6.07, 6.45) is 2.65. The van der Waals surface area contributed by atoms with Crippen molar-refractivity contribution in [1.82, 2.24) is 0 Å². The standard InChI is InChI=1S/C18H13F2NO4/c19-18(20)25-15-4-2-1-3-11(15)5-7-14(22)12-6-8-16-13(9-12)21-17(23)10-24-16/h1-9,18H,10H2,(H,21,23)/b7-5-. The molecule has 1 aliphatic rings. The molecule has 1 N–H and O–H groups in total. The highest BCUT2D eigenvalue weighted by atomic mass is 19.3. The van der Waals surface area contributed by atoms with Crippen LogP contribution in [0, 0.1) is 0 Å². The summed E-state index contributed by atoms with van der Waals surface area (Å²) in [5.74, 6) is -0.191. The molecule has 0 aliphatic carbocycles. The van der Waals surface area contributed by atoms with Crippen molar-refractivity contribution in [3.8, 4) is 11.5 Å². The lowest BCUT2D eigenvalue weighted by Crippen LogP contribution is -2.25. The number of anilines is 1. The Bertz CT molecular complexity index is 849. The highest BCUT2D eigenvalue weighted by Gasteiger charge is 2.17. The van der Waals surface area contributed by atoms with Gasteiger partial charge < -0.3 is 14.8 Å². The summed E-state index contributed by atoms with van der Waals surface area (Å²) in [5, 5.41) is 2.62. The predicted molar refractivity (Wildman–Crippen MR) is 87.0 cm³/mol. The van der Waals surface area contributed by atoms with Crippen LogP contribution >= 0.6 is 0 Å². The number of halogens is 2. The third kappa shape index (κ3) is 4.00. The minimum atomic E-state index is -2.95. The smallest absolute Gasteiger partial charge is 0.387 e. The molecule has 0 unspecified atom stereocenters. The van der Waals surface area contributed by atoms with Crippen molar-refractivity contribution in [1.29, 1.82) is 0 Å². The molecule has 2 aromatic rings. The number of hydrogen-bond acceptors (Lipinski definition) is 4. The van der Waals surface area contributed by atoms with Crippen LogP contribution in [0.5, 0.6) is 11.5 Å². The van der Waals surface area contributed by atoms with Crippen molar-refractivity contribution < 1.29 is 27.8 Å². The lowest BCUT2D eigenvalue weighted by atomic mass is 10.1. The van der Waals surface area contributed by atoms with Crippen LogP contribution in [0.3, 0.4) is 0 Å². The van der Waals surface area contributed by atoms with E-state index in [0.717, 1.165) is 0 Å². The van der Waals surface area contributed by atoms with E-state index in [1.54, 1.807) is 30.3 Å². The molecule has 0 spiro atoms. The van der Waals surface area contributed by atoms with Crippen molar-refractivity contribution in [2.24, 2.45) is 0 Å². The summed E-state index contributed by atoms with van der Waals surface area (Å²) < 4.78 is 34.4. The van der Waals surface area contributed by atoms with Gasteiger partial charge in [0.2, 0.25) is 0 Å². The van der Waals surface area contributed by atoms with Crippen molar-refractivity contribution in [3.63, 3.8) is 0 Å². The SMILES string of the molecule is O=C1COc2ccc(C(=O)/C=C\c3ccccc3OC(F)F)cc2N1. The summed E-state index contributed by atoms with van der Waals surface area (Å²) >= 11 is 0. The maximum atomic E-state index is 12.4. The van der Waals surface area contributed by atoms with Crippen LogP contribution < -0.4 is 14.8 Å². The molecule has 0 saturated heterocycles. The Morgan fingerprint density at radius 3 is 2.84 bits per heavy atom. The molecule has 0 aromatic heterocycles. The molecule has 25 heavy (non-hydrogen) atoms. The Hall–Kier alpha value is -3.22. The molecule has 3 rings (SSSR count). The Morgan fingerprint density at radius 2 is 2.04 bits per heavy atom. The number of benzene rings is 2. The van der Waals surface area contributed by atoms with Gasteiger partial charge >= 0.3 is 6.61 Å². The van der Waals surface area contributed by atoms with Crippen LogP contribution in [0.4, 0.5) is 14.5 Å². The minimum absolute atomic E-state index is 0.0207. The minimum Gasteiger partial charge on any atom is -0.482 e. The maximum Gasteiger partial charge on any atom is 0.387 e. The number of hydrogen-bond donors (Lipinski definition) is 1. The molecular formula is C18H13F2NO4. The highest BCUT2D eigenvalue weighted by Crippen LogP contribution is 2.29. The first-order chi connectivity index (χ1) is 12.0. The second kappa shape index (κ2) is 7.12. The number of para-hydroxylation sites is 1. The third-order valence-corrected chi connectivity index (χ3v) is 3.45. The molecule has 0 atom stereocenters. The second-order valence-electron chi connectivity index (χ2n) is 5.16. The van der Waals surface area contributed by atoms with Gasteiger partial charge in [0.15, 0.2) is 12.4 Å². The molecule has 1 heterocycles. The van der Waals surface area contributed by atoms with E-state index in [2.05, 4.69) is 10.1 Å². The van der Waals surface area contributed by atoms with Crippen molar-refractivity contribution in [2.75, 3.05) is 11.9 Å². The number of ether oxygens (including phenoxy) is 2. The van der Waals surface area contributed by atoms with Gasteiger partial charge in [0.1, 0.15) is 11.5 Å². The number of amides is 1. The van der Waals surface area contributed by atoms with Gasteiger partial charge in [0.25, 0.3) is 5.91 Å². The van der Waals surface area contributed by atoms with Crippen molar-refractivity contribution >= 4 is 23.5 Å². The van der Waals surface area contributed by atoms with E-state index < -0.39 is 6.61 Å². The van der Waals surface area contributed by atoms with Gasteiger partial charge in [-0.15, -0.1) is 0 Å². The van der Waals surface area contributed by atoms with Gasteiger partial charge in [-0.2, -0.15) is 8.78 Å². The van der Waals surface area contributed by atoms with Crippen LogP contribution in [-0.2, 0) is 4.79 Å². The lowest BCUT2D eigenvalue weighted by molar-refractivity contribution is -0.118. The molecule has 0 radical (unpaired) electrons. The molecule has 128 valence electrons. The molecule has 0 fully saturated rings. The number of fused-ring (bicyclic) bond motifs is 1. The normalized spacial score (nSPS) is 13.3. The molecule has 7 heteroatoms. The molecular weight excluding hydrogens is 332 g/mol. The van der Waals surface area contributed by atoms with E-state index in [9.17, 15) is 18.4 Å². The van der Waals surface area contributed by atoms with Gasteiger partial charge in [-0.05, 0) is 36.4 Å². The fourth-order valence-corrected chi connectivity index (χ4v) is 2.32. The van der Waals surface area contributed by atoms with Crippen LogP contribution in [0.25, 0.3) is 6.08 Å². The number of ketones is 1. The highest BCUT2D eigenvalue weighted by molar-refractivity contribution is 6.08. The fourth-order valence-electron chi connectivity index (χ4n) is 2.32. The first-order valence-electron chi connectivity index (χ1n) is 7.36. The molecule has 5 nitrogen and oxygen atoms in total. The van der Waals surface area contributed by atoms with E-state index in [-0.39, 0.29) is 24.0 Å². The summed E-state index contributed by atoms with van der Waals surface area (Å²) in [6, 6.07) is 10.8. The lowest BCUT2D eigenvalue weighted by Gasteiger charge is -2.18. The Kier molecular flexibility index (Phi) is 4.74. The van der Waals surface area contributed by atoms with E-state index in [4.69, 9.17) is 4.74 Å². The number of rotatable bonds is 5. The summed E-state index contributed by atoms with van der Waals surface area (Å²) in [5.41, 5.74) is 1.09. The average Bonchev–Trinajstić information content (AvgIpc) is 2.59. The summed E-state index contributed by atoms with van der Waals surface area (Å²) in [7, 11) is 0. The van der Waals surface area contributed by atoms with Crippen LogP contribution in [0.15, 0.2) is 48.5 Å². The molecule has 2 aromatic carbocycles. The van der Waals surface area contributed by atoms with Crippen LogP contribution in [0.2, 0.25) is 0 Å². The maximum absolute atomic E-state index is 12.4. The topological polar surface area (TPSA) is 64.6 Å². The largest absolute Gasteiger partial charge is 0.482 e. The van der Waals surface area contributed by atoms with Crippen molar-refractivity contribution in [3.05, 3.63) is 59.7 Å². The first-order valence-corrected chi connectivity index (χ1v) is 7.36. The first kappa shape index (κ1) is 16.6. The van der Waals surface area contributed by atoms with Crippen molar-refractivity contribution in [2.45, 2.75) is 6.61 Å². The monoisotopic (exact) mass is 345 g/mol. The number of alkyl halides is 2. The fraction of sp³-hybridized carbons (Fsp3) is 0.111. The summed E-state index contributed by atoms with van der Waals surface area (Å²) in [4.78, 5) is 23.6. The number of nitrogens with one attached hydrogen (secondary N) is 1. The second-order valence-corrected chi connectivity index (χ2v) is 5.16. The zero-order chi connectivity index (χ0) is 17.8. The Labute approximate surface area is 141 Å². The van der Waals surface area contributed by atoms with E-state index in [1.165, 1.54) is 24.3 Å². The Morgan fingerprint density at radius 1 is 1.24 bits per heavy atom. The van der Waals surface area contributed by atoms with Crippen LogP contribution in [0.1, 0.15) is 15.9 Å². The zero-order valence-electron chi connectivity index (χ0n) is 12.9. The molecule has 1 aliphatic heterocycles. The quantitative estimate of drug-likeness (QED) is 0.665. The third-order valence-electron chi connectivity index (χ3n) is 3.45.